The molecule has 0 amide bonds. The summed E-state index contributed by atoms with van der Waals surface area (Å²) in [5.41, 5.74) is 3.38. The van der Waals surface area contributed by atoms with Gasteiger partial charge in [-0.25, -0.2) is 0 Å². The molecule has 1 N–H and O–H groups in total. The molecule has 1 atom stereocenters. The lowest BCUT2D eigenvalue weighted by Crippen LogP contribution is -2.19. The molecule has 1 aromatic carbocycles. The van der Waals surface area contributed by atoms with Crippen molar-refractivity contribution >= 4 is 11.6 Å². The Kier molecular flexibility index (Phi) is 4.40. The summed E-state index contributed by atoms with van der Waals surface area (Å²) in [5.74, 6) is 0.748. The highest BCUT2D eigenvalue weighted by Crippen LogP contribution is 2.28. The van der Waals surface area contributed by atoms with E-state index in [1.54, 1.807) is 13.3 Å². The van der Waals surface area contributed by atoms with Gasteiger partial charge in [-0.15, -0.1) is 0 Å². The molecule has 0 saturated heterocycles. The fraction of sp³-hybridized carbons (Fsp3) is 0.267. The van der Waals surface area contributed by atoms with E-state index < -0.39 is 0 Å². The maximum Gasteiger partial charge on any atom is 0.137 e. The smallest absolute Gasteiger partial charge is 0.137 e. The molecule has 0 spiro atoms. The summed E-state index contributed by atoms with van der Waals surface area (Å²) in [7, 11) is 3.56. The number of halogens is 1. The molecule has 2 aromatic rings. The number of rotatable bonds is 4. The van der Waals surface area contributed by atoms with Crippen LogP contribution in [0.1, 0.15) is 22.7 Å². The predicted molar refractivity (Wildman–Crippen MR) is 77.9 cm³/mol. The lowest BCUT2D eigenvalue weighted by Gasteiger charge is -2.19. The number of nitrogens with zero attached hydrogens (tertiary/aromatic N) is 1. The van der Waals surface area contributed by atoms with Crippen LogP contribution in [0.2, 0.25) is 5.02 Å². The summed E-state index contributed by atoms with van der Waals surface area (Å²) in [5, 5.41) is 4.03. The second kappa shape index (κ2) is 6.04. The molecule has 3 nitrogen and oxygen atoms in total. The van der Waals surface area contributed by atoms with Crippen LogP contribution in [0.5, 0.6) is 5.75 Å². The number of aromatic nitrogens is 1. The quantitative estimate of drug-likeness (QED) is 0.930. The third kappa shape index (κ3) is 3.06. The van der Waals surface area contributed by atoms with Gasteiger partial charge in [0.05, 0.1) is 19.3 Å². The molecule has 0 bridgehead atoms. The van der Waals surface area contributed by atoms with Crippen molar-refractivity contribution in [2.75, 3.05) is 14.2 Å². The molecule has 0 aliphatic heterocycles. The largest absolute Gasteiger partial charge is 0.495 e. The van der Waals surface area contributed by atoms with Crippen molar-refractivity contribution in [3.63, 3.8) is 0 Å². The molecular formula is C15H17ClN2O. The molecule has 1 unspecified atom stereocenters. The third-order valence-corrected chi connectivity index (χ3v) is 3.38. The highest BCUT2D eigenvalue weighted by atomic mass is 35.5. The standard InChI is InChI=1S/C15H17ClN2O/c1-10-4-5-12(16)7-14(10)15(17-2)11-6-13(19-3)9-18-8-11/h4-9,15,17H,1-3H3. The van der Waals surface area contributed by atoms with Gasteiger partial charge in [0.25, 0.3) is 0 Å². The molecule has 2 rings (SSSR count). The van der Waals surface area contributed by atoms with Crippen molar-refractivity contribution < 1.29 is 4.74 Å². The van der Waals surface area contributed by atoms with E-state index in [9.17, 15) is 0 Å². The number of hydrogen-bond donors (Lipinski definition) is 1. The van der Waals surface area contributed by atoms with Crippen LogP contribution in [0.3, 0.4) is 0 Å². The molecule has 100 valence electrons. The van der Waals surface area contributed by atoms with Gasteiger partial charge in [-0.3, -0.25) is 4.98 Å². The molecule has 4 heteroatoms. The lowest BCUT2D eigenvalue weighted by molar-refractivity contribution is 0.411. The molecular weight excluding hydrogens is 260 g/mol. The zero-order valence-electron chi connectivity index (χ0n) is 11.3. The van der Waals surface area contributed by atoms with E-state index >= 15 is 0 Å². The molecule has 19 heavy (non-hydrogen) atoms. The van der Waals surface area contributed by atoms with Crippen molar-refractivity contribution in [1.82, 2.24) is 10.3 Å². The van der Waals surface area contributed by atoms with Crippen LogP contribution in [0.4, 0.5) is 0 Å². The first-order chi connectivity index (χ1) is 9.15. The van der Waals surface area contributed by atoms with Crippen LogP contribution in [-0.4, -0.2) is 19.1 Å². The van der Waals surface area contributed by atoms with Crippen molar-refractivity contribution in [2.24, 2.45) is 0 Å². The monoisotopic (exact) mass is 276 g/mol. The van der Waals surface area contributed by atoms with Gasteiger partial charge in [-0.05, 0) is 48.9 Å². The summed E-state index contributed by atoms with van der Waals surface area (Å²) >= 11 is 6.10. The maximum atomic E-state index is 6.10. The van der Waals surface area contributed by atoms with E-state index in [0.717, 1.165) is 21.9 Å². The Bertz CT molecular complexity index is 572. The van der Waals surface area contributed by atoms with Gasteiger partial charge in [0.2, 0.25) is 0 Å². The number of aryl methyl sites for hydroxylation is 1. The van der Waals surface area contributed by atoms with E-state index in [2.05, 4.69) is 17.2 Å². The highest BCUT2D eigenvalue weighted by molar-refractivity contribution is 6.30. The summed E-state index contributed by atoms with van der Waals surface area (Å²) in [6.45, 7) is 2.07. The highest BCUT2D eigenvalue weighted by Gasteiger charge is 2.15. The Labute approximate surface area is 118 Å². The van der Waals surface area contributed by atoms with E-state index in [-0.39, 0.29) is 6.04 Å². The van der Waals surface area contributed by atoms with Crippen LogP contribution < -0.4 is 10.1 Å². The Morgan fingerprint density at radius 2 is 2.05 bits per heavy atom. The number of ether oxygens (including phenoxy) is 1. The molecule has 0 aliphatic rings. The van der Waals surface area contributed by atoms with E-state index in [1.807, 2.05) is 37.5 Å². The fourth-order valence-electron chi connectivity index (χ4n) is 2.13. The number of methoxy groups -OCH3 is 1. The van der Waals surface area contributed by atoms with Crippen molar-refractivity contribution in [3.05, 3.63) is 58.4 Å². The Morgan fingerprint density at radius 3 is 2.74 bits per heavy atom. The average molecular weight is 277 g/mol. The van der Waals surface area contributed by atoms with Crippen molar-refractivity contribution in [1.29, 1.82) is 0 Å². The first kappa shape index (κ1) is 13.8. The van der Waals surface area contributed by atoms with Gasteiger partial charge in [-0.1, -0.05) is 17.7 Å². The first-order valence-electron chi connectivity index (χ1n) is 6.08. The minimum atomic E-state index is 0.0429. The van der Waals surface area contributed by atoms with Crippen LogP contribution in [-0.2, 0) is 0 Å². The average Bonchev–Trinajstić information content (AvgIpc) is 2.44. The Hall–Kier alpha value is -1.58. The van der Waals surface area contributed by atoms with E-state index in [4.69, 9.17) is 16.3 Å². The molecule has 0 fully saturated rings. The number of pyridine rings is 1. The SMILES string of the molecule is CNC(c1cncc(OC)c1)c1cc(Cl)ccc1C. The van der Waals surface area contributed by atoms with Gasteiger partial charge >= 0.3 is 0 Å². The van der Waals surface area contributed by atoms with Gasteiger partial charge in [-0.2, -0.15) is 0 Å². The minimum absolute atomic E-state index is 0.0429. The first-order valence-corrected chi connectivity index (χ1v) is 6.45. The summed E-state index contributed by atoms with van der Waals surface area (Å²) in [4.78, 5) is 4.20. The number of nitrogens with one attached hydrogen (secondary N) is 1. The third-order valence-electron chi connectivity index (χ3n) is 3.14. The topological polar surface area (TPSA) is 34.2 Å². The number of hydrogen-bond acceptors (Lipinski definition) is 3. The van der Waals surface area contributed by atoms with Gasteiger partial charge in [0, 0.05) is 11.2 Å². The summed E-state index contributed by atoms with van der Waals surface area (Å²) < 4.78 is 5.22. The van der Waals surface area contributed by atoms with Crippen LogP contribution >= 0.6 is 11.6 Å². The fourth-order valence-corrected chi connectivity index (χ4v) is 2.31. The van der Waals surface area contributed by atoms with Crippen LogP contribution in [0.15, 0.2) is 36.7 Å². The molecule has 0 aliphatic carbocycles. The minimum Gasteiger partial charge on any atom is -0.495 e. The lowest BCUT2D eigenvalue weighted by atomic mass is 9.96. The van der Waals surface area contributed by atoms with Crippen molar-refractivity contribution in [3.8, 4) is 5.75 Å². The molecule has 1 heterocycles. The zero-order chi connectivity index (χ0) is 13.8. The normalized spacial score (nSPS) is 12.2. The summed E-state index contributed by atoms with van der Waals surface area (Å²) in [6.07, 6.45) is 3.53. The molecule has 1 aromatic heterocycles. The van der Waals surface area contributed by atoms with Gasteiger partial charge < -0.3 is 10.1 Å². The predicted octanol–water partition coefficient (Wildman–Crippen LogP) is 3.36. The zero-order valence-corrected chi connectivity index (χ0v) is 12.0. The van der Waals surface area contributed by atoms with Crippen LogP contribution in [0.25, 0.3) is 0 Å². The Morgan fingerprint density at radius 1 is 1.26 bits per heavy atom. The van der Waals surface area contributed by atoms with E-state index in [0.29, 0.717) is 0 Å². The second-order valence-corrected chi connectivity index (χ2v) is 4.82. The molecule has 0 saturated carbocycles. The van der Waals surface area contributed by atoms with Crippen molar-refractivity contribution in [2.45, 2.75) is 13.0 Å². The summed E-state index contributed by atoms with van der Waals surface area (Å²) in [6, 6.07) is 7.93. The van der Waals surface area contributed by atoms with Gasteiger partial charge in [0.15, 0.2) is 0 Å². The van der Waals surface area contributed by atoms with Crippen LogP contribution in [0, 0.1) is 6.92 Å². The second-order valence-electron chi connectivity index (χ2n) is 4.38. The maximum absolute atomic E-state index is 6.10. The number of benzene rings is 1. The van der Waals surface area contributed by atoms with E-state index in [1.165, 1.54) is 5.56 Å². The Balaban J connectivity index is 2.46. The molecule has 0 radical (unpaired) electrons. The van der Waals surface area contributed by atoms with Gasteiger partial charge in [0.1, 0.15) is 5.75 Å².